The van der Waals surface area contributed by atoms with Crippen LogP contribution in [0.25, 0.3) is 0 Å². The van der Waals surface area contributed by atoms with Crippen molar-refractivity contribution in [1.29, 1.82) is 0 Å². The van der Waals surface area contributed by atoms with Gasteiger partial charge in [-0.3, -0.25) is 0 Å². The van der Waals surface area contributed by atoms with Crippen molar-refractivity contribution in [2.75, 3.05) is 25.1 Å². The molecule has 0 heterocycles. The molecule has 17 heavy (non-hydrogen) atoms. The molecule has 0 radical (unpaired) electrons. The maximum atomic E-state index is 13.5. The maximum absolute atomic E-state index is 13.5. The SMILES string of the molecule is Cc1cc(Cl)c(N(C)CC2(CO)CC2)cc1F. The van der Waals surface area contributed by atoms with Gasteiger partial charge in [0.15, 0.2) is 0 Å². The van der Waals surface area contributed by atoms with Gasteiger partial charge < -0.3 is 10.0 Å². The molecule has 0 aliphatic heterocycles. The lowest BCUT2D eigenvalue weighted by molar-refractivity contribution is 0.215. The Kier molecular flexibility index (Phi) is 3.32. The Morgan fingerprint density at radius 2 is 2.12 bits per heavy atom. The maximum Gasteiger partial charge on any atom is 0.128 e. The summed E-state index contributed by atoms with van der Waals surface area (Å²) < 4.78 is 13.5. The van der Waals surface area contributed by atoms with Crippen molar-refractivity contribution in [3.05, 3.63) is 28.5 Å². The van der Waals surface area contributed by atoms with Crippen molar-refractivity contribution in [3.63, 3.8) is 0 Å². The van der Waals surface area contributed by atoms with E-state index in [0.29, 0.717) is 22.8 Å². The zero-order chi connectivity index (χ0) is 12.6. The van der Waals surface area contributed by atoms with Gasteiger partial charge in [-0.15, -0.1) is 0 Å². The summed E-state index contributed by atoms with van der Waals surface area (Å²) >= 11 is 6.12. The lowest BCUT2D eigenvalue weighted by atomic mass is 10.1. The molecule has 1 aromatic rings. The zero-order valence-electron chi connectivity index (χ0n) is 10.1. The lowest BCUT2D eigenvalue weighted by Crippen LogP contribution is -2.29. The van der Waals surface area contributed by atoms with Crippen molar-refractivity contribution in [2.45, 2.75) is 19.8 Å². The minimum atomic E-state index is -0.245. The number of anilines is 1. The minimum absolute atomic E-state index is 0.000554. The van der Waals surface area contributed by atoms with Crippen LogP contribution in [0.4, 0.5) is 10.1 Å². The van der Waals surface area contributed by atoms with Gasteiger partial charge in [0.1, 0.15) is 5.82 Å². The Bertz CT molecular complexity index is 432. The Labute approximate surface area is 106 Å². The second-order valence-corrected chi connectivity index (χ2v) is 5.47. The van der Waals surface area contributed by atoms with Crippen LogP contribution in [0.5, 0.6) is 0 Å². The number of hydrogen-bond acceptors (Lipinski definition) is 2. The van der Waals surface area contributed by atoms with Gasteiger partial charge in [-0.2, -0.15) is 0 Å². The third-order valence-corrected chi connectivity index (χ3v) is 3.81. The van der Waals surface area contributed by atoms with E-state index in [1.54, 1.807) is 13.0 Å². The molecule has 1 aromatic carbocycles. The van der Waals surface area contributed by atoms with Crippen LogP contribution in [0.1, 0.15) is 18.4 Å². The van der Waals surface area contributed by atoms with Gasteiger partial charge >= 0.3 is 0 Å². The summed E-state index contributed by atoms with van der Waals surface area (Å²) in [6, 6.07) is 3.10. The number of hydrogen-bond donors (Lipinski definition) is 1. The fraction of sp³-hybridized carbons (Fsp3) is 0.538. The highest BCUT2D eigenvalue weighted by Gasteiger charge is 2.43. The molecule has 0 atom stereocenters. The van der Waals surface area contributed by atoms with E-state index in [1.165, 1.54) is 6.07 Å². The highest BCUT2D eigenvalue weighted by Crippen LogP contribution is 2.46. The van der Waals surface area contributed by atoms with Gasteiger partial charge in [-0.1, -0.05) is 11.6 Å². The smallest absolute Gasteiger partial charge is 0.128 e. The summed E-state index contributed by atoms with van der Waals surface area (Å²) in [5.74, 6) is -0.245. The predicted octanol–water partition coefficient (Wildman–Crippen LogP) is 3.00. The summed E-state index contributed by atoms with van der Waals surface area (Å²) in [6.07, 6.45) is 2.06. The number of nitrogens with zero attached hydrogens (tertiary/aromatic N) is 1. The van der Waals surface area contributed by atoms with E-state index in [4.69, 9.17) is 11.6 Å². The van der Waals surface area contributed by atoms with Gasteiger partial charge in [-0.05, 0) is 37.5 Å². The largest absolute Gasteiger partial charge is 0.396 e. The number of halogens is 2. The molecule has 1 N–H and O–H groups in total. The molecule has 4 heteroatoms. The number of rotatable bonds is 4. The topological polar surface area (TPSA) is 23.5 Å². The highest BCUT2D eigenvalue weighted by atomic mass is 35.5. The first kappa shape index (κ1) is 12.7. The van der Waals surface area contributed by atoms with Crippen molar-refractivity contribution < 1.29 is 9.50 Å². The molecule has 2 nitrogen and oxygen atoms in total. The Morgan fingerprint density at radius 3 is 2.65 bits per heavy atom. The van der Waals surface area contributed by atoms with Crippen LogP contribution in [0.2, 0.25) is 5.02 Å². The van der Waals surface area contributed by atoms with E-state index >= 15 is 0 Å². The van der Waals surface area contributed by atoms with Gasteiger partial charge in [0.2, 0.25) is 0 Å². The first-order valence-corrected chi connectivity index (χ1v) is 6.13. The van der Waals surface area contributed by atoms with Crippen LogP contribution in [-0.2, 0) is 0 Å². The number of benzene rings is 1. The van der Waals surface area contributed by atoms with Crippen LogP contribution < -0.4 is 4.90 Å². The van der Waals surface area contributed by atoms with Crippen LogP contribution >= 0.6 is 11.6 Å². The summed E-state index contributed by atoms with van der Waals surface area (Å²) in [5.41, 5.74) is 1.24. The molecule has 1 fully saturated rings. The molecule has 0 bridgehead atoms. The molecule has 1 aliphatic carbocycles. The zero-order valence-corrected chi connectivity index (χ0v) is 10.9. The summed E-state index contributed by atoms with van der Waals surface area (Å²) in [6.45, 7) is 2.59. The van der Waals surface area contributed by atoms with Gasteiger partial charge in [0.05, 0.1) is 17.3 Å². The van der Waals surface area contributed by atoms with Crippen molar-refractivity contribution in [2.24, 2.45) is 5.41 Å². The third-order valence-electron chi connectivity index (χ3n) is 3.50. The first-order chi connectivity index (χ1) is 7.97. The predicted molar refractivity (Wildman–Crippen MR) is 68.2 cm³/mol. The molecular weight excluding hydrogens is 241 g/mol. The second-order valence-electron chi connectivity index (χ2n) is 5.07. The average Bonchev–Trinajstić information content (AvgIpc) is 3.04. The van der Waals surface area contributed by atoms with Crippen molar-refractivity contribution in [1.82, 2.24) is 0 Å². The van der Waals surface area contributed by atoms with E-state index in [1.807, 2.05) is 11.9 Å². The first-order valence-electron chi connectivity index (χ1n) is 5.75. The quantitative estimate of drug-likeness (QED) is 0.896. The van der Waals surface area contributed by atoms with Crippen molar-refractivity contribution in [3.8, 4) is 0 Å². The molecular formula is C13H17ClFNO. The van der Waals surface area contributed by atoms with E-state index in [2.05, 4.69) is 0 Å². The monoisotopic (exact) mass is 257 g/mol. The molecule has 94 valence electrons. The standard InChI is InChI=1S/C13H17ClFNO/c1-9-5-10(14)12(6-11(9)15)16(2)7-13(8-17)3-4-13/h5-6,17H,3-4,7-8H2,1-2H3. The van der Waals surface area contributed by atoms with Crippen LogP contribution in [0.15, 0.2) is 12.1 Å². The van der Waals surface area contributed by atoms with Crippen LogP contribution in [0, 0.1) is 18.2 Å². The molecule has 2 rings (SSSR count). The van der Waals surface area contributed by atoms with E-state index in [0.717, 1.165) is 12.8 Å². The Hall–Kier alpha value is -0.800. The lowest BCUT2D eigenvalue weighted by Gasteiger charge is -2.25. The second kappa shape index (κ2) is 4.46. The Balaban J connectivity index is 2.19. The van der Waals surface area contributed by atoms with Gasteiger partial charge in [-0.25, -0.2) is 4.39 Å². The summed E-state index contributed by atoms with van der Waals surface area (Å²) in [7, 11) is 1.88. The Morgan fingerprint density at radius 1 is 1.47 bits per heavy atom. The minimum Gasteiger partial charge on any atom is -0.396 e. The van der Waals surface area contributed by atoms with Crippen LogP contribution in [0.3, 0.4) is 0 Å². The molecule has 0 unspecified atom stereocenters. The molecule has 0 aromatic heterocycles. The summed E-state index contributed by atoms with van der Waals surface area (Å²) in [5, 5.41) is 9.84. The van der Waals surface area contributed by atoms with Crippen LogP contribution in [-0.4, -0.2) is 25.3 Å². The van der Waals surface area contributed by atoms with Gasteiger partial charge in [0.25, 0.3) is 0 Å². The third kappa shape index (κ3) is 2.55. The summed E-state index contributed by atoms with van der Waals surface area (Å²) in [4.78, 5) is 1.92. The molecule has 0 saturated heterocycles. The average molecular weight is 258 g/mol. The molecule has 0 amide bonds. The number of aliphatic hydroxyl groups excluding tert-OH is 1. The normalized spacial score (nSPS) is 17.0. The number of aryl methyl sites for hydroxylation is 1. The fourth-order valence-electron chi connectivity index (χ4n) is 2.06. The molecule has 0 spiro atoms. The fourth-order valence-corrected chi connectivity index (χ4v) is 2.42. The van der Waals surface area contributed by atoms with Crippen molar-refractivity contribution >= 4 is 17.3 Å². The van der Waals surface area contributed by atoms with E-state index in [9.17, 15) is 9.50 Å². The molecule has 1 saturated carbocycles. The van der Waals surface area contributed by atoms with E-state index in [-0.39, 0.29) is 17.8 Å². The number of aliphatic hydroxyl groups is 1. The molecule has 1 aliphatic rings. The van der Waals surface area contributed by atoms with E-state index < -0.39 is 0 Å². The van der Waals surface area contributed by atoms with Gasteiger partial charge in [0, 0.05) is 19.0 Å². The highest BCUT2D eigenvalue weighted by molar-refractivity contribution is 6.33.